The van der Waals surface area contributed by atoms with Gasteiger partial charge in [0.15, 0.2) is 0 Å². The highest BCUT2D eigenvalue weighted by atomic mass is 16.5. The Kier molecular flexibility index (Phi) is 11.7. The van der Waals surface area contributed by atoms with E-state index < -0.39 is 24.3 Å². The fourth-order valence-electron chi connectivity index (χ4n) is 8.09. The third-order valence-corrected chi connectivity index (χ3v) is 11.1. The normalized spacial score (nSPS) is 17.7. The van der Waals surface area contributed by atoms with Crippen molar-refractivity contribution in [3.8, 4) is 23.1 Å². The quantitative estimate of drug-likeness (QED) is 0.121. The lowest BCUT2D eigenvalue weighted by atomic mass is 9.98. The van der Waals surface area contributed by atoms with Crippen LogP contribution < -0.4 is 10.6 Å². The van der Waals surface area contributed by atoms with Crippen LogP contribution in [0.4, 0.5) is 9.59 Å². The van der Waals surface area contributed by atoms with E-state index in [1.54, 1.807) is 9.80 Å². The van der Waals surface area contributed by atoms with Crippen molar-refractivity contribution in [3.05, 3.63) is 83.6 Å². The van der Waals surface area contributed by atoms with Crippen molar-refractivity contribution >= 4 is 45.8 Å². The molecule has 4 atom stereocenters. The molecule has 4 N–H and O–H groups in total. The van der Waals surface area contributed by atoms with Crippen molar-refractivity contribution in [2.24, 2.45) is 11.8 Å². The summed E-state index contributed by atoms with van der Waals surface area (Å²) in [7, 11) is 2.57. The van der Waals surface area contributed by atoms with Gasteiger partial charge in [0.2, 0.25) is 11.8 Å². The van der Waals surface area contributed by atoms with Gasteiger partial charge in [0, 0.05) is 29.8 Å². The van der Waals surface area contributed by atoms with E-state index in [0.717, 1.165) is 69.9 Å². The number of hydrogen-bond acceptors (Lipinski definition) is 8. The lowest BCUT2D eigenvalue weighted by Gasteiger charge is -2.30. The number of aromatic nitrogens is 4. The SMILES string of the molecule is COC(=O)NC(C(=O)N1CCC[C@H]1c1nc2ccc(C#Cc3cccc4c(-c5cnc([C@@H]6CCCN6C(=O)[C@@H](NC(=O)OC)C(C)C)[nH]5)cccc34)cc2[nH]1)C(C)C. The van der Waals surface area contributed by atoms with Crippen molar-refractivity contribution in [1.29, 1.82) is 0 Å². The van der Waals surface area contributed by atoms with Crippen LogP contribution in [0.3, 0.4) is 0 Å². The summed E-state index contributed by atoms with van der Waals surface area (Å²) < 4.78 is 9.55. The largest absolute Gasteiger partial charge is 0.453 e. The summed E-state index contributed by atoms with van der Waals surface area (Å²) in [5.41, 5.74) is 5.09. The number of nitrogens with one attached hydrogen (secondary N) is 4. The predicted octanol–water partition coefficient (Wildman–Crippen LogP) is 6.59. The number of likely N-dealkylation sites (tertiary alicyclic amines) is 2. The van der Waals surface area contributed by atoms with Crippen molar-refractivity contribution in [1.82, 2.24) is 40.4 Å². The first-order valence-electron chi connectivity index (χ1n) is 19.9. The Morgan fingerprint density at radius 2 is 1.36 bits per heavy atom. The minimum Gasteiger partial charge on any atom is -0.453 e. The molecule has 2 aromatic heterocycles. The van der Waals surface area contributed by atoms with Crippen LogP contribution in [0.1, 0.15) is 88.2 Å². The van der Waals surface area contributed by atoms with E-state index >= 15 is 0 Å². The first-order valence-corrected chi connectivity index (χ1v) is 19.9. The Balaban J connectivity index is 1.11. The first-order chi connectivity index (χ1) is 28.0. The maximum absolute atomic E-state index is 13.7. The third-order valence-electron chi connectivity index (χ3n) is 11.1. The lowest BCUT2D eigenvalue weighted by Crippen LogP contribution is -2.51. The van der Waals surface area contributed by atoms with E-state index in [1.165, 1.54) is 14.2 Å². The average molecular weight is 787 g/mol. The van der Waals surface area contributed by atoms with Crippen molar-refractivity contribution in [2.75, 3.05) is 27.3 Å². The molecule has 14 heteroatoms. The number of hydrogen-bond donors (Lipinski definition) is 4. The molecule has 1 unspecified atom stereocenters. The molecule has 302 valence electrons. The molecule has 14 nitrogen and oxygen atoms in total. The smallest absolute Gasteiger partial charge is 0.407 e. The molecule has 5 aromatic rings. The van der Waals surface area contributed by atoms with E-state index in [9.17, 15) is 19.2 Å². The standard InChI is InChI=1S/C44H50N8O6/c1-25(2)37(49-43(55)57-5)41(53)51-21-9-15-35(51)39-45-24-34(48-39)31-14-8-12-29-28(11-7-13-30(29)31)19-17-27-18-20-32-33(23-27)47-40(46-32)36-16-10-22-52(36)42(54)38(26(3)4)50-44(56)58-6/h7-8,11-14,18,20,23-26,35-38H,9-10,15-16,21-22H2,1-6H3,(H,45,48)(H,46,47)(H,49,55)(H,50,56)/t35-,36-,37-,38?/m0/s1. The molecule has 0 saturated carbocycles. The molecule has 0 radical (unpaired) electrons. The summed E-state index contributed by atoms with van der Waals surface area (Å²) >= 11 is 0. The van der Waals surface area contributed by atoms with Gasteiger partial charge in [-0.25, -0.2) is 19.6 Å². The van der Waals surface area contributed by atoms with Gasteiger partial charge in [0.1, 0.15) is 23.7 Å². The fourth-order valence-corrected chi connectivity index (χ4v) is 8.09. The van der Waals surface area contributed by atoms with Crippen LogP contribution in [0.2, 0.25) is 0 Å². The van der Waals surface area contributed by atoms with Crippen LogP contribution in [0.15, 0.2) is 60.8 Å². The molecular weight excluding hydrogens is 737 g/mol. The summed E-state index contributed by atoms with van der Waals surface area (Å²) in [6.45, 7) is 8.74. The number of aromatic amines is 2. The van der Waals surface area contributed by atoms with E-state index in [0.29, 0.717) is 24.7 Å². The monoisotopic (exact) mass is 786 g/mol. The van der Waals surface area contributed by atoms with Crippen LogP contribution in [0, 0.1) is 23.7 Å². The molecule has 7 rings (SSSR count). The lowest BCUT2D eigenvalue weighted by molar-refractivity contribution is -0.136. The van der Waals surface area contributed by atoms with Gasteiger partial charge in [0.05, 0.1) is 49.2 Å². The topological polar surface area (TPSA) is 175 Å². The van der Waals surface area contributed by atoms with Gasteiger partial charge in [-0.1, -0.05) is 69.9 Å². The second-order valence-corrected chi connectivity index (χ2v) is 15.6. The number of imidazole rings is 2. The Hall–Kier alpha value is -6.36. The van der Waals surface area contributed by atoms with Gasteiger partial charge < -0.3 is 39.9 Å². The van der Waals surface area contributed by atoms with Crippen LogP contribution in [0.5, 0.6) is 0 Å². The van der Waals surface area contributed by atoms with Crippen molar-refractivity contribution < 1.29 is 28.7 Å². The Morgan fingerprint density at radius 3 is 1.98 bits per heavy atom. The van der Waals surface area contributed by atoms with Gasteiger partial charge in [0.25, 0.3) is 0 Å². The summed E-state index contributed by atoms with van der Waals surface area (Å²) in [5, 5.41) is 7.41. The van der Waals surface area contributed by atoms with Gasteiger partial charge in [-0.2, -0.15) is 0 Å². The number of H-pyrrole nitrogens is 2. The van der Waals surface area contributed by atoms with E-state index in [2.05, 4.69) is 44.6 Å². The molecule has 4 amide bonds. The Labute approximate surface area is 337 Å². The average Bonchev–Trinajstić information content (AvgIpc) is 4.06. The zero-order chi connectivity index (χ0) is 41.1. The Morgan fingerprint density at radius 1 is 0.759 bits per heavy atom. The van der Waals surface area contributed by atoms with E-state index in [1.807, 2.05) is 76.4 Å². The van der Waals surface area contributed by atoms with Crippen molar-refractivity contribution in [2.45, 2.75) is 77.5 Å². The van der Waals surface area contributed by atoms with Gasteiger partial charge in [-0.05, 0) is 72.6 Å². The minimum absolute atomic E-state index is 0.120. The second-order valence-electron chi connectivity index (χ2n) is 15.6. The molecule has 0 aliphatic carbocycles. The number of benzene rings is 3. The number of rotatable bonds is 9. The number of amides is 4. The maximum atomic E-state index is 13.7. The predicted molar refractivity (Wildman–Crippen MR) is 219 cm³/mol. The summed E-state index contributed by atoms with van der Waals surface area (Å²) in [6.07, 6.45) is 3.73. The van der Waals surface area contributed by atoms with Crippen LogP contribution >= 0.6 is 0 Å². The van der Waals surface area contributed by atoms with Crippen molar-refractivity contribution in [3.63, 3.8) is 0 Å². The number of carbonyl (C=O) groups excluding carboxylic acids is 4. The molecule has 58 heavy (non-hydrogen) atoms. The molecule has 2 aliphatic rings. The Bertz CT molecular complexity index is 2410. The molecule has 4 heterocycles. The third kappa shape index (κ3) is 8.07. The number of alkyl carbamates (subject to hydrolysis) is 2. The van der Waals surface area contributed by atoms with E-state index in [-0.39, 0.29) is 35.7 Å². The number of carbonyl (C=O) groups is 4. The molecule has 2 saturated heterocycles. The highest BCUT2D eigenvalue weighted by Crippen LogP contribution is 2.36. The highest BCUT2D eigenvalue weighted by Gasteiger charge is 2.39. The molecule has 0 spiro atoms. The van der Waals surface area contributed by atoms with Crippen LogP contribution in [-0.2, 0) is 19.1 Å². The summed E-state index contributed by atoms with van der Waals surface area (Å²) in [4.78, 5) is 71.5. The van der Waals surface area contributed by atoms with Gasteiger partial charge >= 0.3 is 12.2 Å². The molecule has 3 aromatic carbocycles. The minimum atomic E-state index is -0.707. The van der Waals surface area contributed by atoms with Gasteiger partial charge in [-0.15, -0.1) is 0 Å². The summed E-state index contributed by atoms with van der Waals surface area (Å²) in [5.74, 6) is 7.60. The van der Waals surface area contributed by atoms with Crippen LogP contribution in [0.25, 0.3) is 33.1 Å². The maximum Gasteiger partial charge on any atom is 0.407 e. The number of fused-ring (bicyclic) bond motifs is 2. The highest BCUT2D eigenvalue weighted by molar-refractivity contribution is 5.99. The number of ether oxygens (including phenoxy) is 2. The van der Waals surface area contributed by atoms with E-state index in [4.69, 9.17) is 19.4 Å². The second kappa shape index (κ2) is 17.0. The molecule has 2 aliphatic heterocycles. The summed E-state index contributed by atoms with van der Waals surface area (Å²) in [6, 6.07) is 16.1. The van der Waals surface area contributed by atoms with Gasteiger partial charge in [-0.3, -0.25) is 9.59 Å². The fraction of sp³-hybridized carbons (Fsp3) is 0.409. The van der Waals surface area contributed by atoms with Crippen LogP contribution in [-0.4, -0.2) is 93.1 Å². The number of methoxy groups -OCH3 is 2. The first kappa shape index (κ1) is 39.9. The zero-order valence-corrected chi connectivity index (χ0v) is 33.7. The molecular formula is C44H50N8O6. The number of nitrogens with zero attached hydrogens (tertiary/aromatic N) is 4. The molecule has 0 bridgehead atoms. The molecule has 2 fully saturated rings. The zero-order valence-electron chi connectivity index (χ0n) is 33.7.